The Hall–Kier alpha value is -0.560. The lowest BCUT2D eigenvalue weighted by Gasteiger charge is -2.36. The molecule has 0 heterocycles. The average molecular weight is 563 g/mol. The minimum absolute atomic E-state index is 0.293. The van der Waals surface area contributed by atoms with Crippen molar-refractivity contribution in [3.05, 3.63) is 0 Å². The van der Waals surface area contributed by atoms with Crippen molar-refractivity contribution < 1.29 is 69.2 Å². The van der Waals surface area contributed by atoms with E-state index in [1.54, 1.807) is 69.2 Å². The first-order valence-electron chi connectivity index (χ1n) is 13.0. The summed E-state index contributed by atoms with van der Waals surface area (Å²) in [6.07, 6.45) is 1.79. The average Bonchev–Trinajstić information content (AvgIpc) is 2.95. The molecule has 0 bridgehead atoms. The lowest BCUT2D eigenvalue weighted by atomic mass is 10.2. The van der Waals surface area contributed by atoms with Gasteiger partial charge in [-0.05, 0) is 41.5 Å². The van der Waals surface area contributed by atoms with E-state index in [0.717, 1.165) is 0 Å². The molecule has 14 heteroatoms. The third kappa shape index (κ3) is 12.3. The summed E-state index contributed by atoms with van der Waals surface area (Å²) >= 11 is 0. The van der Waals surface area contributed by atoms with Crippen LogP contribution in [0.2, 0.25) is 0 Å². The van der Waals surface area contributed by atoms with Crippen LogP contribution in [0.4, 0.5) is 0 Å². The SMILES string of the molecule is CCC(C)(OO)OOC(C)(CC)OOC(C)(CC)OOC(C)(CC)OOC(C)(CC)OOC(C)(CC)OO. The van der Waals surface area contributed by atoms with Gasteiger partial charge in [0.05, 0.1) is 0 Å². The Morgan fingerprint density at radius 3 is 0.553 bits per heavy atom. The molecule has 0 aromatic carbocycles. The maximum Gasteiger partial charge on any atom is 0.231 e. The van der Waals surface area contributed by atoms with Crippen LogP contribution in [0.1, 0.15) is 122 Å². The fourth-order valence-electron chi connectivity index (χ4n) is 1.69. The van der Waals surface area contributed by atoms with Crippen molar-refractivity contribution in [2.24, 2.45) is 0 Å². The first kappa shape index (κ1) is 37.4. The number of rotatable bonds is 23. The van der Waals surface area contributed by atoms with Gasteiger partial charge < -0.3 is 0 Å². The highest BCUT2D eigenvalue weighted by atomic mass is 17.4. The van der Waals surface area contributed by atoms with Crippen LogP contribution in [0.15, 0.2) is 0 Å². The molecule has 230 valence electrons. The molecule has 2 N–H and O–H groups in total. The van der Waals surface area contributed by atoms with Crippen LogP contribution >= 0.6 is 0 Å². The van der Waals surface area contributed by atoms with Crippen molar-refractivity contribution in [1.82, 2.24) is 0 Å². The summed E-state index contributed by atoms with van der Waals surface area (Å²) in [5, 5.41) is 18.1. The summed E-state index contributed by atoms with van der Waals surface area (Å²) in [5.41, 5.74) is 0. The molecule has 6 unspecified atom stereocenters. The smallest absolute Gasteiger partial charge is 0.231 e. The lowest BCUT2D eigenvalue weighted by molar-refractivity contribution is -0.633. The van der Waals surface area contributed by atoms with Gasteiger partial charge in [-0.25, -0.2) is 20.3 Å². The van der Waals surface area contributed by atoms with E-state index in [9.17, 15) is 0 Å². The van der Waals surface area contributed by atoms with Crippen LogP contribution in [0.5, 0.6) is 0 Å². The molecule has 0 aromatic heterocycles. The Bertz CT molecular complexity index is 592. The summed E-state index contributed by atoms with van der Waals surface area (Å²) in [6.45, 7) is 19.9. The van der Waals surface area contributed by atoms with E-state index in [-0.39, 0.29) is 0 Å². The molecule has 0 aromatic rings. The summed E-state index contributed by atoms with van der Waals surface area (Å²) in [6, 6.07) is 0. The van der Waals surface area contributed by atoms with E-state index in [1.807, 2.05) is 0 Å². The van der Waals surface area contributed by atoms with E-state index in [1.165, 1.54) is 13.8 Å². The van der Waals surface area contributed by atoms with Gasteiger partial charge in [0.2, 0.25) is 34.7 Å². The van der Waals surface area contributed by atoms with Crippen LogP contribution in [-0.4, -0.2) is 45.2 Å². The topological polar surface area (TPSA) is 151 Å². The largest absolute Gasteiger partial charge is 0.249 e. The lowest BCUT2D eigenvalue weighted by Crippen LogP contribution is -2.45. The Kier molecular flexibility index (Phi) is 15.8. The molecule has 0 aliphatic carbocycles. The second kappa shape index (κ2) is 16.0. The van der Waals surface area contributed by atoms with Crippen LogP contribution in [-0.2, 0) is 58.7 Å². The van der Waals surface area contributed by atoms with Crippen molar-refractivity contribution >= 4 is 0 Å². The van der Waals surface area contributed by atoms with E-state index in [4.69, 9.17) is 59.4 Å². The van der Waals surface area contributed by atoms with E-state index in [2.05, 4.69) is 9.78 Å². The molecule has 38 heavy (non-hydrogen) atoms. The van der Waals surface area contributed by atoms with Crippen LogP contribution in [0.3, 0.4) is 0 Å². The van der Waals surface area contributed by atoms with E-state index >= 15 is 0 Å². The minimum Gasteiger partial charge on any atom is -0.249 e. The molecule has 0 saturated heterocycles. The van der Waals surface area contributed by atoms with Crippen LogP contribution in [0, 0.1) is 0 Å². The summed E-state index contributed by atoms with van der Waals surface area (Å²) < 4.78 is 0. The van der Waals surface area contributed by atoms with Crippen LogP contribution < -0.4 is 0 Å². The Labute approximate surface area is 226 Å². The van der Waals surface area contributed by atoms with Crippen molar-refractivity contribution in [2.45, 2.75) is 156 Å². The second-order valence-electron chi connectivity index (χ2n) is 9.94. The van der Waals surface area contributed by atoms with Crippen molar-refractivity contribution in [3.63, 3.8) is 0 Å². The molecule has 0 aliphatic heterocycles. The molecule has 0 aliphatic rings. The fraction of sp³-hybridized carbons (Fsp3) is 1.00. The zero-order chi connectivity index (χ0) is 29.7. The third-order valence-corrected chi connectivity index (χ3v) is 6.21. The second-order valence-corrected chi connectivity index (χ2v) is 9.94. The highest BCUT2D eigenvalue weighted by molar-refractivity contribution is 4.63. The highest BCUT2D eigenvalue weighted by Crippen LogP contribution is 2.31. The first-order valence-corrected chi connectivity index (χ1v) is 13.0. The predicted molar refractivity (Wildman–Crippen MR) is 130 cm³/mol. The molecule has 0 saturated carbocycles. The monoisotopic (exact) mass is 562 g/mol. The summed E-state index contributed by atoms with van der Waals surface area (Å²) in [7, 11) is 0. The first-order chi connectivity index (χ1) is 17.5. The highest BCUT2D eigenvalue weighted by Gasteiger charge is 2.41. The molecule has 0 rings (SSSR count). The zero-order valence-electron chi connectivity index (χ0n) is 25.0. The molecule has 14 nitrogen and oxygen atoms in total. The van der Waals surface area contributed by atoms with Gasteiger partial charge in [0.25, 0.3) is 0 Å². The van der Waals surface area contributed by atoms with E-state index in [0.29, 0.717) is 38.5 Å². The summed E-state index contributed by atoms with van der Waals surface area (Å²) in [5.74, 6) is -8.36. The van der Waals surface area contributed by atoms with Gasteiger partial charge in [-0.1, -0.05) is 41.5 Å². The fourth-order valence-corrected chi connectivity index (χ4v) is 1.69. The normalized spacial score (nSPS) is 21.9. The van der Waals surface area contributed by atoms with Gasteiger partial charge in [0.15, 0.2) is 0 Å². The van der Waals surface area contributed by atoms with Gasteiger partial charge >= 0.3 is 0 Å². The number of hydrogen-bond acceptors (Lipinski definition) is 14. The molecular formula is C24H50O14. The standard InChI is InChI=1S/C24H50O14/c1-13-19(7,27-25)29-31-21(9,15-3)33-35-23(11,17-5)37-38-24(12,18-6)36-34-22(10,16-4)32-30-20(8,14-2)28-26/h25-26H,13-18H2,1-12H3. The number of hydrogen-bond donors (Lipinski definition) is 2. The molecular weight excluding hydrogens is 512 g/mol. The molecule has 0 amide bonds. The molecule has 6 atom stereocenters. The quantitative estimate of drug-likeness (QED) is 0.0795. The Morgan fingerprint density at radius 2 is 0.447 bits per heavy atom. The van der Waals surface area contributed by atoms with Crippen molar-refractivity contribution in [3.8, 4) is 0 Å². The van der Waals surface area contributed by atoms with Crippen molar-refractivity contribution in [1.29, 1.82) is 0 Å². The van der Waals surface area contributed by atoms with Crippen molar-refractivity contribution in [2.75, 3.05) is 0 Å². The van der Waals surface area contributed by atoms with Gasteiger partial charge in [0, 0.05) is 38.5 Å². The van der Waals surface area contributed by atoms with Crippen LogP contribution in [0.25, 0.3) is 0 Å². The molecule has 0 spiro atoms. The van der Waals surface area contributed by atoms with E-state index < -0.39 is 34.7 Å². The Morgan fingerprint density at radius 1 is 0.316 bits per heavy atom. The minimum atomic E-state index is -1.41. The summed E-state index contributed by atoms with van der Waals surface area (Å²) in [4.78, 5) is 63.0. The third-order valence-electron chi connectivity index (χ3n) is 6.21. The van der Waals surface area contributed by atoms with Gasteiger partial charge in [-0.15, -0.1) is 0 Å². The Balaban J connectivity index is 5.18. The zero-order valence-corrected chi connectivity index (χ0v) is 25.0. The predicted octanol–water partition coefficient (Wildman–Crippen LogP) is 6.46. The molecule has 0 radical (unpaired) electrons. The van der Waals surface area contributed by atoms with Gasteiger partial charge in [-0.3, -0.25) is 0 Å². The maximum atomic E-state index is 9.05. The van der Waals surface area contributed by atoms with Gasteiger partial charge in [0.1, 0.15) is 0 Å². The molecule has 0 fully saturated rings. The maximum absolute atomic E-state index is 9.05. The van der Waals surface area contributed by atoms with Gasteiger partial charge in [-0.2, -0.15) is 48.9 Å².